The molecule has 1 saturated carbocycles. The van der Waals surface area contributed by atoms with Crippen molar-refractivity contribution in [3.8, 4) is 17.2 Å². The van der Waals surface area contributed by atoms with Crippen molar-refractivity contribution in [3.05, 3.63) is 54.1 Å². The molecule has 0 saturated heterocycles. The van der Waals surface area contributed by atoms with E-state index >= 15 is 0 Å². The summed E-state index contributed by atoms with van der Waals surface area (Å²) in [6.07, 6.45) is -3.04. The van der Waals surface area contributed by atoms with Crippen LogP contribution in [0.2, 0.25) is 0 Å². The van der Waals surface area contributed by atoms with Crippen LogP contribution < -0.4 is 10.6 Å². The minimum atomic E-state index is -4.81. The Hall–Kier alpha value is -2.61. The molecule has 2 aromatic carbocycles. The number of hydrogen-bond acceptors (Lipinski definition) is 4. The van der Waals surface area contributed by atoms with Gasteiger partial charge in [0.15, 0.2) is 4.90 Å². The fourth-order valence-electron chi connectivity index (χ4n) is 3.82. The first-order chi connectivity index (χ1) is 16.2. The van der Waals surface area contributed by atoms with Crippen molar-refractivity contribution < 1.29 is 26.9 Å². The molecule has 0 aromatic heterocycles. The van der Waals surface area contributed by atoms with Gasteiger partial charge in [-0.25, -0.2) is 4.39 Å². The molecule has 2 aromatic rings. The summed E-state index contributed by atoms with van der Waals surface area (Å²) in [6, 6.07) is 10.4. The Balaban J connectivity index is 1.99. The lowest BCUT2D eigenvalue weighted by Crippen LogP contribution is -2.53. The summed E-state index contributed by atoms with van der Waals surface area (Å²) in [5.74, 6) is -0.851. The van der Waals surface area contributed by atoms with Crippen LogP contribution in [0.1, 0.15) is 44.7 Å². The van der Waals surface area contributed by atoms with E-state index < -0.39 is 53.0 Å². The summed E-state index contributed by atoms with van der Waals surface area (Å²) >= 11 is -1.24. The molecule has 5 nitrogen and oxygen atoms in total. The maximum absolute atomic E-state index is 14.5. The minimum absolute atomic E-state index is 0.138. The summed E-state index contributed by atoms with van der Waals surface area (Å²) in [7, 11) is 0. The van der Waals surface area contributed by atoms with E-state index in [4.69, 9.17) is 0 Å². The average Bonchev–Trinajstić information content (AvgIpc) is 3.55. The van der Waals surface area contributed by atoms with Crippen LogP contribution in [0.5, 0.6) is 0 Å². The number of rotatable bonds is 9. The fraction of sp³-hybridized carbons (Fsp3) is 0.440. The van der Waals surface area contributed by atoms with Gasteiger partial charge >= 0.3 is 6.18 Å². The topological polar surface area (TPSA) is 88.0 Å². The van der Waals surface area contributed by atoms with Gasteiger partial charge in [-0.2, -0.15) is 18.4 Å². The van der Waals surface area contributed by atoms with Gasteiger partial charge in [-0.15, -0.1) is 0 Å². The van der Waals surface area contributed by atoms with Crippen molar-refractivity contribution in [2.45, 2.75) is 67.5 Å². The molecule has 1 amide bonds. The van der Waals surface area contributed by atoms with E-state index in [9.17, 15) is 32.2 Å². The van der Waals surface area contributed by atoms with Crippen molar-refractivity contribution >= 4 is 17.1 Å². The number of carbonyl (C=O) groups excluding carboxylic acids is 1. The molecule has 1 fully saturated rings. The second-order valence-electron chi connectivity index (χ2n) is 9.37. The molecule has 0 spiro atoms. The van der Waals surface area contributed by atoms with Crippen LogP contribution >= 0.6 is 0 Å². The summed E-state index contributed by atoms with van der Waals surface area (Å²) < 4.78 is 69.3. The van der Waals surface area contributed by atoms with Gasteiger partial charge in [-0.1, -0.05) is 24.3 Å². The number of alkyl halides is 4. The molecule has 1 aliphatic rings. The SMILES string of the molecule is C[S+]([O-])c1ccc(-c2ccccc2[C@H](N[C@@H](CC(C)(C)F)C(=O)NC2(C#N)CC2)C(F)(F)F)cc1. The van der Waals surface area contributed by atoms with Crippen LogP contribution in [0.3, 0.4) is 0 Å². The molecule has 188 valence electrons. The van der Waals surface area contributed by atoms with Crippen LogP contribution in [0.4, 0.5) is 17.6 Å². The van der Waals surface area contributed by atoms with E-state index in [1.54, 1.807) is 30.3 Å². The molecule has 0 aliphatic heterocycles. The summed E-state index contributed by atoms with van der Waals surface area (Å²) in [5, 5.41) is 14.1. The Bertz CT molecular complexity index is 1090. The molecule has 0 heterocycles. The van der Waals surface area contributed by atoms with Gasteiger partial charge < -0.3 is 9.87 Å². The van der Waals surface area contributed by atoms with Gasteiger partial charge in [0.2, 0.25) is 5.91 Å². The number of halogens is 4. The van der Waals surface area contributed by atoms with Crippen LogP contribution in [0.25, 0.3) is 11.1 Å². The second-order valence-corrected chi connectivity index (χ2v) is 10.7. The Morgan fingerprint density at radius 1 is 1.14 bits per heavy atom. The molecule has 3 rings (SSSR count). The first-order valence-corrected chi connectivity index (χ1v) is 12.6. The normalized spacial score (nSPS) is 17.7. The highest BCUT2D eigenvalue weighted by Gasteiger charge is 2.48. The predicted octanol–water partition coefficient (Wildman–Crippen LogP) is 4.96. The first-order valence-electron chi connectivity index (χ1n) is 11.0. The standard InChI is InChI=1S/C25H27F4N3O2S/c1-23(2,26)14-20(22(33)32-24(15-30)12-13-24)31-21(25(27,28)29)19-7-5-4-6-18(19)16-8-10-17(11-9-16)35(3)34/h4-11,20-21,31H,12-14H2,1-3H3,(H,32,33)/t20-,21-,35?/m0/s1. The molecule has 3 atom stereocenters. The number of hydrogen-bond donors (Lipinski definition) is 2. The van der Waals surface area contributed by atoms with Gasteiger partial charge in [-0.05, 0) is 78.8 Å². The number of nitrogens with one attached hydrogen (secondary N) is 2. The van der Waals surface area contributed by atoms with Crippen molar-refractivity contribution in [2.75, 3.05) is 6.26 Å². The van der Waals surface area contributed by atoms with Crippen molar-refractivity contribution in [3.63, 3.8) is 0 Å². The highest BCUT2D eigenvalue weighted by Crippen LogP contribution is 2.39. The Kier molecular flexibility index (Phi) is 7.84. The molecule has 0 bridgehead atoms. The van der Waals surface area contributed by atoms with Gasteiger partial charge in [-0.3, -0.25) is 10.1 Å². The predicted molar refractivity (Wildman–Crippen MR) is 125 cm³/mol. The third-order valence-electron chi connectivity index (χ3n) is 5.80. The van der Waals surface area contributed by atoms with Crippen molar-refractivity contribution in [2.24, 2.45) is 0 Å². The molecule has 1 unspecified atom stereocenters. The van der Waals surface area contributed by atoms with Crippen molar-refractivity contribution in [1.29, 1.82) is 5.26 Å². The van der Waals surface area contributed by atoms with E-state index in [1.807, 2.05) is 6.07 Å². The quantitative estimate of drug-likeness (QED) is 0.369. The van der Waals surface area contributed by atoms with Gasteiger partial charge in [0.05, 0.1) is 12.1 Å². The van der Waals surface area contributed by atoms with E-state index in [2.05, 4.69) is 10.6 Å². The number of amides is 1. The number of nitriles is 1. The van der Waals surface area contributed by atoms with E-state index in [0.717, 1.165) is 0 Å². The van der Waals surface area contributed by atoms with Crippen LogP contribution in [0, 0.1) is 11.3 Å². The zero-order chi connectivity index (χ0) is 26.0. The molecule has 2 N–H and O–H groups in total. The lowest BCUT2D eigenvalue weighted by atomic mass is 9.92. The molecule has 10 heteroatoms. The van der Waals surface area contributed by atoms with Crippen LogP contribution in [0.15, 0.2) is 53.4 Å². The smallest absolute Gasteiger partial charge is 0.407 e. The molecular weight excluding hydrogens is 482 g/mol. The second kappa shape index (κ2) is 10.2. The highest BCUT2D eigenvalue weighted by molar-refractivity contribution is 7.90. The number of carbonyl (C=O) groups is 1. The number of nitrogens with zero attached hydrogens (tertiary/aromatic N) is 1. The zero-order valence-corrected chi connectivity index (χ0v) is 20.4. The van der Waals surface area contributed by atoms with Crippen LogP contribution in [-0.2, 0) is 16.0 Å². The molecular formula is C25H27F4N3O2S. The monoisotopic (exact) mass is 509 g/mol. The zero-order valence-electron chi connectivity index (χ0n) is 19.6. The summed E-state index contributed by atoms with van der Waals surface area (Å²) in [5.41, 5.74) is -2.45. The van der Waals surface area contributed by atoms with Crippen LogP contribution in [-0.4, -0.2) is 40.1 Å². The number of benzene rings is 2. The molecule has 1 aliphatic carbocycles. The Labute approximate surface area is 205 Å². The lowest BCUT2D eigenvalue weighted by Gasteiger charge is -2.31. The highest BCUT2D eigenvalue weighted by atomic mass is 32.2. The fourth-order valence-corrected chi connectivity index (χ4v) is 4.34. The largest absolute Gasteiger partial charge is 0.612 e. The summed E-state index contributed by atoms with van der Waals surface area (Å²) in [6.45, 7) is 2.36. The third-order valence-corrected chi connectivity index (χ3v) is 6.73. The maximum atomic E-state index is 14.5. The van der Waals surface area contributed by atoms with Gasteiger partial charge in [0.25, 0.3) is 0 Å². The van der Waals surface area contributed by atoms with Crippen molar-refractivity contribution in [1.82, 2.24) is 10.6 Å². The third kappa shape index (κ3) is 6.97. The minimum Gasteiger partial charge on any atom is -0.612 e. The lowest BCUT2D eigenvalue weighted by molar-refractivity contribution is -0.161. The Morgan fingerprint density at radius 3 is 2.23 bits per heavy atom. The van der Waals surface area contributed by atoms with E-state index in [-0.39, 0.29) is 11.1 Å². The first kappa shape index (κ1) is 27.0. The van der Waals surface area contributed by atoms with E-state index in [1.165, 1.54) is 38.3 Å². The molecule has 0 radical (unpaired) electrons. The maximum Gasteiger partial charge on any atom is 0.407 e. The summed E-state index contributed by atoms with van der Waals surface area (Å²) in [4.78, 5) is 13.4. The van der Waals surface area contributed by atoms with E-state index in [0.29, 0.717) is 23.3 Å². The van der Waals surface area contributed by atoms with Gasteiger partial charge in [0.1, 0.15) is 23.5 Å². The molecule has 35 heavy (non-hydrogen) atoms. The average molecular weight is 510 g/mol. The Morgan fingerprint density at radius 2 is 1.74 bits per heavy atom. The van der Waals surface area contributed by atoms with Gasteiger partial charge in [0, 0.05) is 6.42 Å².